The molecule has 0 aliphatic rings. The zero-order chi connectivity index (χ0) is 9.84. The van der Waals surface area contributed by atoms with Crippen LogP contribution in [-0.4, -0.2) is 22.8 Å². The summed E-state index contributed by atoms with van der Waals surface area (Å²) in [7, 11) is 1.36. The summed E-state index contributed by atoms with van der Waals surface area (Å²) in [4.78, 5) is 15.6. The Kier molecular flexibility index (Phi) is 2.86. The van der Waals surface area contributed by atoms with Gasteiger partial charge in [0.25, 0.3) is 5.91 Å². The summed E-state index contributed by atoms with van der Waals surface area (Å²) in [6.45, 7) is 2.52. The molecule has 0 aliphatic heterocycles. The molecule has 0 aromatic carbocycles. The van der Waals surface area contributed by atoms with Crippen molar-refractivity contribution in [2.75, 3.05) is 12.8 Å². The summed E-state index contributed by atoms with van der Waals surface area (Å²) in [5.74, 6) is 0.0603. The zero-order valence-electron chi connectivity index (χ0n) is 7.57. The topological polar surface area (TPSA) is 82.2 Å². The molecule has 0 saturated carbocycles. The summed E-state index contributed by atoms with van der Waals surface area (Å²) >= 11 is 0. The number of nitrogens with two attached hydrogens (primary N) is 1. The van der Waals surface area contributed by atoms with Gasteiger partial charge in [-0.05, 0) is 6.92 Å². The van der Waals surface area contributed by atoms with Crippen molar-refractivity contribution >= 4 is 11.7 Å². The monoisotopic (exact) mass is 184 g/mol. The number of anilines is 1. The third kappa shape index (κ3) is 1.97. The van der Waals surface area contributed by atoms with Crippen molar-refractivity contribution in [1.82, 2.24) is 15.3 Å². The van der Waals surface area contributed by atoms with Gasteiger partial charge in [0.2, 0.25) is 0 Å². The molecule has 3 N–H and O–H groups in total. The van der Waals surface area contributed by atoms with Crippen LogP contribution in [0.4, 0.5) is 5.82 Å². The quantitative estimate of drug-likeness (QED) is 0.636. The highest BCUT2D eigenvalue weighted by atomic mass is 16.6. The Bertz CT molecular complexity index is 307. The maximum absolute atomic E-state index is 11.2. The van der Waals surface area contributed by atoms with Crippen LogP contribution in [-0.2, 0) is 11.4 Å². The van der Waals surface area contributed by atoms with Crippen LogP contribution in [0.1, 0.15) is 17.4 Å². The number of hydrogen-bond donors (Lipinski definition) is 2. The summed E-state index contributed by atoms with van der Waals surface area (Å²) in [5, 5.41) is 3.95. The number of nitrogen functional groups attached to an aromatic ring is 1. The first-order valence-electron chi connectivity index (χ1n) is 3.85. The number of carbonyl (C=O) groups is 1. The van der Waals surface area contributed by atoms with Crippen LogP contribution in [0.2, 0.25) is 0 Å². The lowest BCUT2D eigenvalue weighted by Crippen LogP contribution is -2.22. The molecule has 1 aromatic heterocycles. The van der Waals surface area contributed by atoms with Gasteiger partial charge >= 0.3 is 0 Å². The van der Waals surface area contributed by atoms with Crippen molar-refractivity contribution in [3.05, 3.63) is 11.8 Å². The minimum Gasteiger partial charge on any atom is -0.384 e. The standard InChI is InChI=1S/C7H12N4O2/c1-3-11-6(8)4-5(9-11)7(12)10-13-2/h4H,3,8H2,1-2H3,(H,10,12). The second-order valence-corrected chi connectivity index (χ2v) is 2.41. The van der Waals surface area contributed by atoms with Crippen molar-refractivity contribution in [2.24, 2.45) is 0 Å². The Morgan fingerprint density at radius 2 is 2.54 bits per heavy atom. The number of nitrogens with zero attached hydrogens (tertiary/aromatic N) is 2. The number of rotatable bonds is 3. The largest absolute Gasteiger partial charge is 0.384 e. The van der Waals surface area contributed by atoms with Crippen molar-refractivity contribution in [3.63, 3.8) is 0 Å². The second-order valence-electron chi connectivity index (χ2n) is 2.41. The Labute approximate surface area is 75.6 Å². The molecule has 0 unspecified atom stereocenters. The minimum atomic E-state index is -0.401. The van der Waals surface area contributed by atoms with Crippen LogP contribution in [0.15, 0.2) is 6.07 Å². The van der Waals surface area contributed by atoms with E-state index in [1.807, 2.05) is 6.92 Å². The molecular weight excluding hydrogens is 172 g/mol. The first-order chi connectivity index (χ1) is 6.19. The number of nitrogens with one attached hydrogen (secondary N) is 1. The third-order valence-electron chi connectivity index (χ3n) is 1.54. The minimum absolute atomic E-state index is 0.251. The normalized spacial score (nSPS) is 10.0. The first-order valence-corrected chi connectivity index (χ1v) is 3.85. The molecule has 0 bridgehead atoms. The molecule has 0 aliphatic carbocycles. The van der Waals surface area contributed by atoms with Gasteiger partial charge < -0.3 is 5.73 Å². The van der Waals surface area contributed by atoms with Gasteiger partial charge in [0.1, 0.15) is 5.82 Å². The second kappa shape index (κ2) is 3.90. The molecule has 0 radical (unpaired) electrons. The molecule has 1 rings (SSSR count). The molecule has 0 fully saturated rings. The van der Waals surface area contributed by atoms with Gasteiger partial charge in [-0.1, -0.05) is 0 Å². The van der Waals surface area contributed by atoms with Crippen LogP contribution in [0.3, 0.4) is 0 Å². The van der Waals surface area contributed by atoms with Crippen LogP contribution in [0, 0.1) is 0 Å². The average molecular weight is 184 g/mol. The van der Waals surface area contributed by atoms with Gasteiger partial charge in [0.15, 0.2) is 5.69 Å². The molecule has 13 heavy (non-hydrogen) atoms. The van der Waals surface area contributed by atoms with Gasteiger partial charge in [-0.25, -0.2) is 10.2 Å². The number of hydroxylamine groups is 1. The number of carbonyl (C=O) groups excluding carboxylic acids is 1. The van der Waals surface area contributed by atoms with Crippen LogP contribution < -0.4 is 11.2 Å². The van der Waals surface area contributed by atoms with Crippen molar-refractivity contribution < 1.29 is 9.63 Å². The van der Waals surface area contributed by atoms with E-state index in [0.29, 0.717) is 12.4 Å². The van der Waals surface area contributed by atoms with Gasteiger partial charge in [-0.15, -0.1) is 0 Å². The number of hydrogen-bond acceptors (Lipinski definition) is 4. The van der Waals surface area contributed by atoms with Crippen molar-refractivity contribution in [3.8, 4) is 0 Å². The van der Waals surface area contributed by atoms with E-state index in [1.54, 1.807) is 0 Å². The van der Waals surface area contributed by atoms with E-state index in [1.165, 1.54) is 17.9 Å². The molecule has 6 heteroatoms. The molecule has 6 nitrogen and oxygen atoms in total. The Morgan fingerprint density at radius 3 is 3.00 bits per heavy atom. The van der Waals surface area contributed by atoms with Gasteiger partial charge in [-0.3, -0.25) is 9.63 Å². The maximum atomic E-state index is 11.2. The molecule has 0 saturated heterocycles. The first kappa shape index (κ1) is 9.53. The molecule has 1 heterocycles. The van der Waals surface area contributed by atoms with E-state index in [-0.39, 0.29) is 5.69 Å². The Balaban J connectivity index is 2.84. The summed E-state index contributed by atoms with van der Waals surface area (Å²) in [6, 6.07) is 1.50. The SMILES string of the molecule is CCn1nc(C(=O)NOC)cc1N. The fraction of sp³-hybridized carbons (Fsp3) is 0.429. The highest BCUT2D eigenvalue weighted by molar-refractivity contribution is 5.92. The number of aryl methyl sites for hydroxylation is 1. The van der Waals surface area contributed by atoms with E-state index in [4.69, 9.17) is 5.73 Å². The smallest absolute Gasteiger partial charge is 0.295 e. The number of amides is 1. The molecule has 0 atom stereocenters. The zero-order valence-corrected chi connectivity index (χ0v) is 7.57. The average Bonchev–Trinajstić information content (AvgIpc) is 2.47. The van der Waals surface area contributed by atoms with Gasteiger partial charge in [0.05, 0.1) is 7.11 Å². The third-order valence-corrected chi connectivity index (χ3v) is 1.54. The lowest BCUT2D eigenvalue weighted by molar-refractivity contribution is 0.0531. The summed E-state index contributed by atoms with van der Waals surface area (Å²) in [6.07, 6.45) is 0. The van der Waals surface area contributed by atoms with E-state index in [9.17, 15) is 4.79 Å². The predicted molar refractivity (Wildman–Crippen MR) is 46.8 cm³/mol. The highest BCUT2D eigenvalue weighted by Gasteiger charge is 2.11. The molecular formula is C7H12N4O2. The lowest BCUT2D eigenvalue weighted by atomic mass is 10.4. The van der Waals surface area contributed by atoms with E-state index < -0.39 is 5.91 Å². The van der Waals surface area contributed by atoms with E-state index in [0.717, 1.165) is 0 Å². The highest BCUT2D eigenvalue weighted by Crippen LogP contribution is 2.05. The Hall–Kier alpha value is -1.56. The summed E-state index contributed by atoms with van der Waals surface area (Å²) in [5.41, 5.74) is 7.97. The van der Waals surface area contributed by atoms with Gasteiger partial charge in [0, 0.05) is 12.6 Å². The number of aromatic nitrogens is 2. The molecule has 1 aromatic rings. The summed E-state index contributed by atoms with van der Waals surface area (Å²) < 4.78 is 1.53. The Morgan fingerprint density at radius 1 is 1.85 bits per heavy atom. The predicted octanol–water partition coefficient (Wildman–Crippen LogP) is -0.224. The fourth-order valence-corrected chi connectivity index (χ4v) is 0.940. The molecule has 0 spiro atoms. The van der Waals surface area contributed by atoms with Crippen LogP contribution in [0.5, 0.6) is 0 Å². The van der Waals surface area contributed by atoms with Crippen molar-refractivity contribution in [2.45, 2.75) is 13.5 Å². The fourth-order valence-electron chi connectivity index (χ4n) is 0.940. The molecule has 1 amide bonds. The van der Waals surface area contributed by atoms with Crippen molar-refractivity contribution in [1.29, 1.82) is 0 Å². The van der Waals surface area contributed by atoms with Gasteiger partial charge in [-0.2, -0.15) is 5.10 Å². The van der Waals surface area contributed by atoms with Crippen LogP contribution >= 0.6 is 0 Å². The maximum Gasteiger partial charge on any atom is 0.295 e. The molecule has 72 valence electrons. The van der Waals surface area contributed by atoms with E-state index in [2.05, 4.69) is 15.4 Å². The van der Waals surface area contributed by atoms with Crippen LogP contribution in [0.25, 0.3) is 0 Å². The van der Waals surface area contributed by atoms with E-state index >= 15 is 0 Å². The lowest BCUT2D eigenvalue weighted by Gasteiger charge is -1.97.